The van der Waals surface area contributed by atoms with Crippen molar-refractivity contribution in [2.24, 2.45) is 17.8 Å². The highest BCUT2D eigenvalue weighted by molar-refractivity contribution is 5.18. The van der Waals surface area contributed by atoms with Crippen molar-refractivity contribution >= 4 is 0 Å². The van der Waals surface area contributed by atoms with Crippen molar-refractivity contribution in [3.8, 4) is 0 Å². The van der Waals surface area contributed by atoms with E-state index in [1.54, 1.807) is 5.57 Å². The van der Waals surface area contributed by atoms with E-state index in [0.29, 0.717) is 0 Å². The van der Waals surface area contributed by atoms with Crippen LogP contribution in [0.3, 0.4) is 0 Å². The maximum absolute atomic E-state index is 2.60. The molecule has 0 saturated carbocycles. The molecule has 4 saturated heterocycles. The van der Waals surface area contributed by atoms with Gasteiger partial charge < -0.3 is 4.90 Å². The first-order valence-electron chi connectivity index (χ1n) is 8.85. The van der Waals surface area contributed by atoms with Gasteiger partial charge in [0.05, 0.1) is 0 Å². The van der Waals surface area contributed by atoms with Crippen LogP contribution in [0.2, 0.25) is 0 Å². The van der Waals surface area contributed by atoms with Gasteiger partial charge >= 0.3 is 0 Å². The lowest BCUT2D eigenvalue weighted by molar-refractivity contribution is 0.0603. The van der Waals surface area contributed by atoms with Crippen LogP contribution in [-0.4, -0.2) is 49.1 Å². The van der Waals surface area contributed by atoms with E-state index in [4.69, 9.17) is 0 Å². The van der Waals surface area contributed by atoms with Crippen molar-refractivity contribution in [3.05, 3.63) is 11.6 Å². The Morgan fingerprint density at radius 1 is 0.900 bits per heavy atom. The number of hydrogen-bond acceptors (Lipinski definition) is 2. The third-order valence-electron chi connectivity index (χ3n) is 5.26. The first kappa shape index (κ1) is 16.0. The Morgan fingerprint density at radius 2 is 1.50 bits per heavy atom. The summed E-state index contributed by atoms with van der Waals surface area (Å²) >= 11 is 0. The van der Waals surface area contributed by atoms with Crippen molar-refractivity contribution < 1.29 is 0 Å². The highest BCUT2D eigenvalue weighted by atomic mass is 15.2. The molecule has 0 spiro atoms. The van der Waals surface area contributed by atoms with E-state index in [1.165, 1.54) is 58.5 Å². The lowest BCUT2D eigenvalue weighted by Gasteiger charge is -2.43. The average Bonchev–Trinajstić information content (AvgIpc) is 2.74. The highest BCUT2D eigenvalue weighted by Gasteiger charge is 2.30. The molecule has 6 aliphatic rings. The summed E-state index contributed by atoms with van der Waals surface area (Å²) in [5, 5.41) is 0. The molecule has 20 heavy (non-hydrogen) atoms. The molecule has 0 radical (unpaired) electrons. The van der Waals surface area contributed by atoms with Gasteiger partial charge in [0.25, 0.3) is 0 Å². The Bertz CT molecular complexity index is 307. The van der Waals surface area contributed by atoms with E-state index in [-0.39, 0.29) is 0 Å². The highest BCUT2D eigenvalue weighted by Crippen LogP contribution is 2.31. The molecular weight excluding hydrogens is 244 g/mol. The van der Waals surface area contributed by atoms with E-state index in [1.807, 2.05) is 13.8 Å². The van der Waals surface area contributed by atoms with Gasteiger partial charge in [-0.25, -0.2) is 0 Å². The van der Waals surface area contributed by atoms with E-state index >= 15 is 0 Å². The zero-order valence-electron chi connectivity index (χ0n) is 14.1. The number of piperidine rings is 3. The van der Waals surface area contributed by atoms with E-state index in [0.717, 1.165) is 17.8 Å². The molecule has 0 amide bonds. The molecule has 0 aromatic heterocycles. The van der Waals surface area contributed by atoms with Crippen LogP contribution >= 0.6 is 0 Å². The van der Waals surface area contributed by atoms with Crippen LogP contribution in [0.1, 0.15) is 47.0 Å². The molecule has 4 fully saturated rings. The van der Waals surface area contributed by atoms with Crippen LogP contribution in [0.25, 0.3) is 0 Å². The van der Waals surface area contributed by atoms with Crippen LogP contribution < -0.4 is 0 Å². The van der Waals surface area contributed by atoms with Crippen LogP contribution in [0.5, 0.6) is 0 Å². The quantitative estimate of drug-likeness (QED) is 0.624. The third kappa shape index (κ3) is 4.08. The van der Waals surface area contributed by atoms with Crippen LogP contribution in [-0.2, 0) is 0 Å². The average molecular weight is 278 g/mol. The minimum absolute atomic E-state index is 0.840. The van der Waals surface area contributed by atoms with E-state index in [9.17, 15) is 0 Å². The standard InChI is InChI=1S/C8H15N.C8H13N.C2H6/c1-7-6-9-4-2-8(7)3-5-9;1-7-2-3-9-5-8(4-7)6-9;1-2/h7-8H,2-6H2,1H3;4,7H,2-3,5-6H2,1H3;1-2H3. The summed E-state index contributed by atoms with van der Waals surface area (Å²) in [4.78, 5) is 5.11. The summed E-state index contributed by atoms with van der Waals surface area (Å²) in [5.74, 6) is 2.91. The topological polar surface area (TPSA) is 6.48 Å². The van der Waals surface area contributed by atoms with Gasteiger partial charge in [0, 0.05) is 19.6 Å². The van der Waals surface area contributed by atoms with E-state index in [2.05, 4.69) is 29.7 Å². The summed E-state index contributed by atoms with van der Waals surface area (Å²) in [7, 11) is 0. The Kier molecular flexibility index (Phi) is 6.10. The summed E-state index contributed by atoms with van der Waals surface area (Å²) < 4.78 is 0. The summed E-state index contributed by atoms with van der Waals surface area (Å²) in [5.41, 5.74) is 1.67. The second kappa shape index (κ2) is 7.61. The fourth-order valence-corrected chi connectivity index (χ4v) is 3.92. The third-order valence-corrected chi connectivity index (χ3v) is 5.26. The molecule has 2 unspecified atom stereocenters. The first-order chi connectivity index (χ1) is 9.70. The minimum atomic E-state index is 0.840. The normalized spacial score (nSPS) is 41.0. The predicted molar refractivity (Wildman–Crippen MR) is 88.0 cm³/mol. The van der Waals surface area contributed by atoms with Gasteiger partial charge in [-0.1, -0.05) is 33.8 Å². The Labute approximate surface area is 126 Å². The fraction of sp³-hybridized carbons (Fsp3) is 0.889. The van der Waals surface area contributed by atoms with Crippen LogP contribution in [0.15, 0.2) is 11.6 Å². The van der Waals surface area contributed by atoms with Gasteiger partial charge in [-0.15, -0.1) is 0 Å². The van der Waals surface area contributed by atoms with Gasteiger partial charge in [0.15, 0.2) is 0 Å². The zero-order valence-corrected chi connectivity index (χ0v) is 14.1. The monoisotopic (exact) mass is 278 g/mol. The molecule has 4 bridgehead atoms. The number of rotatable bonds is 0. The maximum Gasteiger partial charge on any atom is 0.0209 e. The summed E-state index contributed by atoms with van der Waals surface area (Å²) in [6.07, 6.45) is 6.76. The van der Waals surface area contributed by atoms with Crippen molar-refractivity contribution in [1.29, 1.82) is 0 Å². The fourth-order valence-electron chi connectivity index (χ4n) is 3.92. The van der Waals surface area contributed by atoms with Crippen molar-refractivity contribution in [2.75, 3.05) is 39.3 Å². The zero-order chi connectivity index (χ0) is 14.5. The molecule has 6 aliphatic heterocycles. The smallest absolute Gasteiger partial charge is 0.0209 e. The van der Waals surface area contributed by atoms with Gasteiger partial charge in [0.1, 0.15) is 0 Å². The lowest BCUT2D eigenvalue weighted by atomic mass is 9.80. The van der Waals surface area contributed by atoms with Crippen molar-refractivity contribution in [1.82, 2.24) is 9.80 Å². The molecule has 2 heteroatoms. The lowest BCUT2D eigenvalue weighted by Crippen LogP contribution is -2.46. The second-order valence-corrected chi connectivity index (χ2v) is 6.92. The molecule has 2 atom stereocenters. The molecule has 0 aromatic carbocycles. The number of hydrogen-bond donors (Lipinski definition) is 0. The molecule has 0 aliphatic carbocycles. The Hall–Kier alpha value is -0.340. The molecule has 6 rings (SSSR count). The number of nitrogens with zero attached hydrogens (tertiary/aromatic N) is 2. The van der Waals surface area contributed by atoms with E-state index < -0.39 is 0 Å². The first-order valence-corrected chi connectivity index (χ1v) is 8.85. The summed E-state index contributed by atoms with van der Waals surface area (Å²) in [6.45, 7) is 16.7. The summed E-state index contributed by atoms with van der Waals surface area (Å²) in [6, 6.07) is 0. The van der Waals surface area contributed by atoms with Gasteiger partial charge in [-0.2, -0.15) is 0 Å². The number of allylic oxidation sites excluding steroid dienone is 1. The molecule has 0 aromatic rings. The molecule has 6 heterocycles. The maximum atomic E-state index is 2.60. The molecule has 2 nitrogen and oxygen atoms in total. The van der Waals surface area contributed by atoms with Gasteiger partial charge in [0.2, 0.25) is 0 Å². The minimum Gasteiger partial charge on any atom is -0.303 e. The molecule has 116 valence electrons. The van der Waals surface area contributed by atoms with Crippen molar-refractivity contribution in [2.45, 2.75) is 47.0 Å². The van der Waals surface area contributed by atoms with Crippen LogP contribution in [0, 0.1) is 17.8 Å². The molecular formula is C18H34N2. The van der Waals surface area contributed by atoms with Crippen molar-refractivity contribution in [3.63, 3.8) is 0 Å². The Morgan fingerprint density at radius 3 is 1.95 bits per heavy atom. The molecule has 0 N–H and O–H groups in total. The predicted octanol–water partition coefficient (Wildman–Crippen LogP) is 3.64. The number of fused-ring (bicyclic) bond motifs is 6. The van der Waals surface area contributed by atoms with Gasteiger partial charge in [-0.3, -0.25) is 4.90 Å². The van der Waals surface area contributed by atoms with Gasteiger partial charge in [-0.05, 0) is 62.2 Å². The largest absolute Gasteiger partial charge is 0.303 e. The Balaban J connectivity index is 0.000000131. The SMILES string of the molecule is CC.CC1C=C2CN(CC1)C2.CC1CN2CCC1CC2. The van der Waals surface area contributed by atoms with Crippen LogP contribution in [0.4, 0.5) is 0 Å². The second-order valence-electron chi connectivity index (χ2n) is 6.92.